The van der Waals surface area contributed by atoms with Crippen LogP contribution >= 0.6 is 11.5 Å². The molecule has 1 fully saturated rings. The van der Waals surface area contributed by atoms with Crippen molar-refractivity contribution in [1.82, 2.24) is 4.37 Å². The van der Waals surface area contributed by atoms with Crippen LogP contribution in [0.15, 0.2) is 0 Å². The Morgan fingerprint density at radius 1 is 1.31 bits per heavy atom. The third-order valence-electron chi connectivity index (χ3n) is 3.55. The molecule has 1 aliphatic rings. The van der Waals surface area contributed by atoms with Crippen LogP contribution in [0.1, 0.15) is 44.6 Å². The normalized spacial score (nSPS) is 26.4. The minimum atomic E-state index is 0.614. The summed E-state index contributed by atoms with van der Waals surface area (Å²) in [6, 6.07) is 0.614. The van der Waals surface area contributed by atoms with Gasteiger partial charge in [0, 0.05) is 11.6 Å². The Bertz CT molecular complexity index is 348. The van der Waals surface area contributed by atoms with Gasteiger partial charge in [0.05, 0.1) is 0 Å². The van der Waals surface area contributed by atoms with Crippen LogP contribution in [-0.2, 0) is 0 Å². The first-order chi connectivity index (χ1) is 7.66. The zero-order chi connectivity index (χ0) is 11.5. The molecule has 0 saturated heterocycles. The number of hydrogen-bond acceptors (Lipinski definition) is 4. The fourth-order valence-electron chi connectivity index (χ4n) is 2.30. The van der Waals surface area contributed by atoms with Gasteiger partial charge in [0.15, 0.2) is 0 Å². The SMILES string of the molecule is Cc1c(N)nsc1NC1CCCC(C)CC1. The van der Waals surface area contributed by atoms with Crippen LogP contribution in [-0.4, -0.2) is 10.4 Å². The lowest BCUT2D eigenvalue weighted by Crippen LogP contribution is -2.18. The second-order valence-corrected chi connectivity index (χ2v) is 5.75. The maximum Gasteiger partial charge on any atom is 0.142 e. The number of nitrogens with one attached hydrogen (secondary N) is 1. The van der Waals surface area contributed by atoms with E-state index in [1.54, 1.807) is 0 Å². The van der Waals surface area contributed by atoms with Gasteiger partial charge in [-0.25, -0.2) is 0 Å². The van der Waals surface area contributed by atoms with E-state index in [0.717, 1.165) is 16.5 Å². The fraction of sp³-hybridized carbons (Fsp3) is 0.750. The molecule has 1 heterocycles. The monoisotopic (exact) mass is 239 g/mol. The molecule has 1 aliphatic carbocycles. The predicted molar refractivity (Wildman–Crippen MR) is 70.9 cm³/mol. The predicted octanol–water partition coefficient (Wildman–Crippen LogP) is 3.41. The number of rotatable bonds is 2. The Morgan fingerprint density at radius 2 is 2.12 bits per heavy atom. The van der Waals surface area contributed by atoms with E-state index in [1.165, 1.54) is 43.6 Å². The molecule has 3 N–H and O–H groups in total. The van der Waals surface area contributed by atoms with Crippen molar-refractivity contribution in [2.45, 2.75) is 52.0 Å². The van der Waals surface area contributed by atoms with Crippen molar-refractivity contribution >= 4 is 22.4 Å². The van der Waals surface area contributed by atoms with E-state index >= 15 is 0 Å². The Morgan fingerprint density at radius 3 is 2.81 bits per heavy atom. The van der Waals surface area contributed by atoms with E-state index in [2.05, 4.69) is 16.6 Å². The molecule has 1 aromatic heterocycles. The average molecular weight is 239 g/mol. The molecule has 0 radical (unpaired) electrons. The van der Waals surface area contributed by atoms with Gasteiger partial charge >= 0.3 is 0 Å². The molecule has 16 heavy (non-hydrogen) atoms. The first-order valence-corrected chi connectivity index (χ1v) is 6.92. The quantitative estimate of drug-likeness (QED) is 0.778. The lowest BCUT2D eigenvalue weighted by atomic mass is 10.0. The number of nitrogens with two attached hydrogens (primary N) is 1. The minimum Gasteiger partial charge on any atom is -0.383 e. The molecule has 1 saturated carbocycles. The Hall–Kier alpha value is -0.770. The van der Waals surface area contributed by atoms with Crippen LogP contribution in [0.25, 0.3) is 0 Å². The van der Waals surface area contributed by atoms with Crippen molar-refractivity contribution in [1.29, 1.82) is 0 Å². The van der Waals surface area contributed by atoms with E-state index in [0.29, 0.717) is 11.9 Å². The first kappa shape index (κ1) is 11.7. The molecular formula is C12H21N3S. The first-order valence-electron chi connectivity index (χ1n) is 6.15. The number of anilines is 2. The van der Waals surface area contributed by atoms with Gasteiger partial charge in [0.1, 0.15) is 10.8 Å². The average Bonchev–Trinajstić information content (AvgIpc) is 2.48. The summed E-state index contributed by atoms with van der Waals surface area (Å²) in [4.78, 5) is 0. The Kier molecular flexibility index (Phi) is 3.69. The van der Waals surface area contributed by atoms with Gasteiger partial charge in [-0.05, 0) is 43.6 Å². The molecule has 4 heteroatoms. The number of aromatic nitrogens is 1. The highest BCUT2D eigenvalue weighted by atomic mass is 32.1. The Labute approximate surface area is 102 Å². The van der Waals surface area contributed by atoms with Crippen molar-refractivity contribution in [3.05, 3.63) is 5.56 Å². The minimum absolute atomic E-state index is 0.614. The topological polar surface area (TPSA) is 50.9 Å². The number of hydrogen-bond donors (Lipinski definition) is 2. The van der Waals surface area contributed by atoms with E-state index < -0.39 is 0 Å². The molecule has 0 amide bonds. The van der Waals surface area contributed by atoms with Gasteiger partial charge in [-0.3, -0.25) is 0 Å². The molecular weight excluding hydrogens is 218 g/mol. The van der Waals surface area contributed by atoms with E-state index in [9.17, 15) is 0 Å². The van der Waals surface area contributed by atoms with Crippen molar-refractivity contribution in [3.63, 3.8) is 0 Å². The Balaban J connectivity index is 1.96. The van der Waals surface area contributed by atoms with Crippen LogP contribution in [0.2, 0.25) is 0 Å². The summed E-state index contributed by atoms with van der Waals surface area (Å²) in [5.41, 5.74) is 6.87. The molecule has 0 spiro atoms. The fourth-order valence-corrected chi connectivity index (χ4v) is 3.09. The standard InChI is InChI=1S/C12H21N3S/c1-8-4-3-5-10(7-6-8)14-12-9(2)11(13)15-16-12/h8,10,14H,3-7H2,1-2H3,(H2,13,15). The van der Waals surface area contributed by atoms with Crippen molar-refractivity contribution in [2.75, 3.05) is 11.1 Å². The van der Waals surface area contributed by atoms with Gasteiger partial charge in [-0.2, -0.15) is 4.37 Å². The molecule has 2 atom stereocenters. The highest BCUT2D eigenvalue weighted by Gasteiger charge is 2.17. The highest BCUT2D eigenvalue weighted by molar-refractivity contribution is 7.10. The van der Waals surface area contributed by atoms with Crippen molar-refractivity contribution in [2.24, 2.45) is 5.92 Å². The van der Waals surface area contributed by atoms with Crippen molar-refractivity contribution in [3.8, 4) is 0 Å². The van der Waals surface area contributed by atoms with Gasteiger partial charge in [-0.15, -0.1) is 0 Å². The number of nitrogens with zero attached hydrogens (tertiary/aromatic N) is 1. The van der Waals surface area contributed by atoms with E-state index in [1.807, 2.05) is 6.92 Å². The second kappa shape index (κ2) is 5.04. The van der Waals surface area contributed by atoms with Crippen molar-refractivity contribution < 1.29 is 0 Å². The number of nitrogen functional groups attached to an aromatic ring is 1. The van der Waals surface area contributed by atoms with Gasteiger partial charge in [0.25, 0.3) is 0 Å². The molecule has 2 unspecified atom stereocenters. The van der Waals surface area contributed by atoms with Crippen LogP contribution in [0.4, 0.5) is 10.8 Å². The van der Waals surface area contributed by atoms with Crippen LogP contribution in [0.3, 0.4) is 0 Å². The van der Waals surface area contributed by atoms with E-state index in [-0.39, 0.29) is 0 Å². The van der Waals surface area contributed by atoms with E-state index in [4.69, 9.17) is 5.73 Å². The van der Waals surface area contributed by atoms with Gasteiger partial charge < -0.3 is 11.1 Å². The molecule has 1 aromatic rings. The summed E-state index contributed by atoms with van der Waals surface area (Å²) in [5, 5.41) is 4.77. The highest BCUT2D eigenvalue weighted by Crippen LogP contribution is 2.30. The summed E-state index contributed by atoms with van der Waals surface area (Å²) in [6.45, 7) is 4.40. The molecule has 2 rings (SSSR count). The summed E-state index contributed by atoms with van der Waals surface area (Å²) in [5.74, 6) is 1.56. The molecule has 0 bridgehead atoms. The zero-order valence-corrected chi connectivity index (χ0v) is 10.9. The summed E-state index contributed by atoms with van der Waals surface area (Å²) in [7, 11) is 0. The summed E-state index contributed by atoms with van der Waals surface area (Å²) in [6.07, 6.45) is 6.61. The largest absolute Gasteiger partial charge is 0.383 e. The van der Waals surface area contributed by atoms with Gasteiger partial charge in [0.2, 0.25) is 0 Å². The maximum atomic E-state index is 5.76. The third-order valence-corrected chi connectivity index (χ3v) is 4.45. The lowest BCUT2D eigenvalue weighted by molar-refractivity contribution is 0.502. The lowest BCUT2D eigenvalue weighted by Gasteiger charge is -2.16. The zero-order valence-electron chi connectivity index (χ0n) is 10.1. The van der Waals surface area contributed by atoms with Crippen LogP contribution in [0.5, 0.6) is 0 Å². The summed E-state index contributed by atoms with van der Waals surface area (Å²) >= 11 is 1.49. The second-order valence-electron chi connectivity index (χ2n) is 4.98. The van der Waals surface area contributed by atoms with Crippen LogP contribution < -0.4 is 11.1 Å². The molecule has 90 valence electrons. The smallest absolute Gasteiger partial charge is 0.142 e. The third kappa shape index (κ3) is 2.67. The van der Waals surface area contributed by atoms with Crippen LogP contribution in [0, 0.1) is 12.8 Å². The summed E-state index contributed by atoms with van der Waals surface area (Å²) < 4.78 is 4.18. The molecule has 0 aliphatic heterocycles. The molecule has 3 nitrogen and oxygen atoms in total. The maximum absolute atomic E-state index is 5.76. The van der Waals surface area contributed by atoms with Gasteiger partial charge in [-0.1, -0.05) is 19.8 Å². The molecule has 0 aromatic carbocycles.